The van der Waals surface area contributed by atoms with Gasteiger partial charge in [0.15, 0.2) is 0 Å². The number of carbonyl (C=O) groups excluding carboxylic acids is 1. The van der Waals surface area contributed by atoms with Crippen LogP contribution in [0.4, 0.5) is 0 Å². The Morgan fingerprint density at radius 3 is 2.92 bits per heavy atom. The summed E-state index contributed by atoms with van der Waals surface area (Å²) in [6, 6.07) is 0.241. The standard InChI is InChI=1S/C9H15NOS/c1-7(2)10-9(11)8-4-3-5-12-6-8/h4,7H,3,5-6H2,1-2H3,(H,10,11). The average Bonchev–Trinajstić information content (AvgIpc) is 2.05. The van der Waals surface area contributed by atoms with Gasteiger partial charge in [-0.05, 0) is 26.0 Å². The van der Waals surface area contributed by atoms with E-state index in [0.717, 1.165) is 23.5 Å². The average molecular weight is 185 g/mol. The molecule has 0 saturated carbocycles. The third-order valence-corrected chi connectivity index (χ3v) is 2.66. The van der Waals surface area contributed by atoms with E-state index in [2.05, 4.69) is 5.32 Å². The molecule has 1 aliphatic heterocycles. The molecule has 2 nitrogen and oxygen atoms in total. The molecule has 12 heavy (non-hydrogen) atoms. The first kappa shape index (κ1) is 9.65. The van der Waals surface area contributed by atoms with E-state index in [9.17, 15) is 4.79 Å². The molecule has 0 aromatic heterocycles. The minimum absolute atomic E-state index is 0.109. The van der Waals surface area contributed by atoms with Crippen LogP contribution in [-0.4, -0.2) is 23.5 Å². The normalized spacial score (nSPS) is 17.4. The summed E-state index contributed by atoms with van der Waals surface area (Å²) in [7, 11) is 0. The Balaban J connectivity index is 2.45. The van der Waals surface area contributed by atoms with E-state index >= 15 is 0 Å². The highest BCUT2D eigenvalue weighted by Crippen LogP contribution is 2.16. The van der Waals surface area contributed by atoms with Crippen molar-refractivity contribution in [3.63, 3.8) is 0 Å². The highest BCUT2D eigenvalue weighted by molar-refractivity contribution is 7.99. The van der Waals surface area contributed by atoms with Crippen LogP contribution in [-0.2, 0) is 4.79 Å². The molecule has 1 rings (SSSR count). The van der Waals surface area contributed by atoms with Crippen molar-refractivity contribution < 1.29 is 4.79 Å². The van der Waals surface area contributed by atoms with Crippen molar-refractivity contribution in [1.82, 2.24) is 5.32 Å². The molecular weight excluding hydrogens is 170 g/mol. The fourth-order valence-electron chi connectivity index (χ4n) is 1.07. The lowest BCUT2D eigenvalue weighted by Gasteiger charge is -2.14. The Hall–Kier alpha value is -0.440. The minimum atomic E-state index is 0.109. The van der Waals surface area contributed by atoms with Crippen LogP contribution in [0.25, 0.3) is 0 Å². The van der Waals surface area contributed by atoms with Crippen molar-refractivity contribution in [3.8, 4) is 0 Å². The van der Waals surface area contributed by atoms with Gasteiger partial charge in [-0.1, -0.05) is 6.08 Å². The zero-order valence-corrected chi connectivity index (χ0v) is 8.41. The largest absolute Gasteiger partial charge is 0.350 e. The second kappa shape index (κ2) is 4.55. The molecule has 0 bridgehead atoms. The smallest absolute Gasteiger partial charge is 0.247 e. The monoisotopic (exact) mass is 185 g/mol. The maximum Gasteiger partial charge on any atom is 0.247 e. The highest BCUT2D eigenvalue weighted by Gasteiger charge is 2.12. The molecule has 0 saturated heterocycles. The van der Waals surface area contributed by atoms with E-state index in [4.69, 9.17) is 0 Å². The van der Waals surface area contributed by atoms with Gasteiger partial charge in [-0.3, -0.25) is 4.79 Å². The predicted molar refractivity (Wildman–Crippen MR) is 53.3 cm³/mol. The van der Waals surface area contributed by atoms with Gasteiger partial charge in [-0.15, -0.1) is 0 Å². The lowest BCUT2D eigenvalue weighted by Crippen LogP contribution is -2.32. The van der Waals surface area contributed by atoms with Crippen molar-refractivity contribution in [3.05, 3.63) is 11.6 Å². The second-order valence-corrected chi connectivity index (χ2v) is 4.30. The predicted octanol–water partition coefficient (Wildman–Crippen LogP) is 1.57. The van der Waals surface area contributed by atoms with Crippen LogP contribution >= 0.6 is 11.8 Å². The molecule has 1 amide bonds. The number of nitrogens with one attached hydrogen (secondary N) is 1. The number of hydrogen-bond donors (Lipinski definition) is 1. The Bertz CT molecular complexity index is 199. The van der Waals surface area contributed by atoms with E-state index in [0.29, 0.717) is 0 Å². The summed E-state index contributed by atoms with van der Waals surface area (Å²) >= 11 is 1.83. The summed E-state index contributed by atoms with van der Waals surface area (Å²) in [5, 5.41) is 2.89. The van der Waals surface area contributed by atoms with Crippen molar-refractivity contribution in [1.29, 1.82) is 0 Å². The number of thioether (sulfide) groups is 1. The van der Waals surface area contributed by atoms with Crippen LogP contribution < -0.4 is 5.32 Å². The maximum atomic E-state index is 11.4. The maximum absolute atomic E-state index is 11.4. The molecule has 68 valence electrons. The number of rotatable bonds is 2. The van der Waals surface area contributed by atoms with Crippen LogP contribution in [0.1, 0.15) is 20.3 Å². The fourth-order valence-corrected chi connectivity index (χ4v) is 1.97. The minimum Gasteiger partial charge on any atom is -0.350 e. The molecule has 0 spiro atoms. The summed E-state index contributed by atoms with van der Waals surface area (Å²) in [5.41, 5.74) is 0.944. The van der Waals surface area contributed by atoms with Gasteiger partial charge in [0.05, 0.1) is 0 Å². The summed E-state index contributed by atoms with van der Waals surface area (Å²) in [5.74, 6) is 2.13. The second-order valence-electron chi connectivity index (χ2n) is 3.20. The van der Waals surface area contributed by atoms with Crippen LogP contribution in [0.3, 0.4) is 0 Å². The third-order valence-electron chi connectivity index (χ3n) is 1.62. The lowest BCUT2D eigenvalue weighted by atomic mass is 10.2. The molecule has 0 fully saturated rings. The molecule has 3 heteroatoms. The molecular formula is C9H15NOS. The van der Waals surface area contributed by atoms with Gasteiger partial charge in [-0.2, -0.15) is 11.8 Å². The van der Waals surface area contributed by atoms with Crippen LogP contribution in [0.2, 0.25) is 0 Å². The molecule has 1 heterocycles. The van der Waals surface area contributed by atoms with Crippen molar-refractivity contribution in [2.24, 2.45) is 0 Å². The molecule has 1 N–H and O–H groups in total. The molecule has 0 aromatic rings. The van der Waals surface area contributed by atoms with Crippen molar-refractivity contribution in [2.75, 3.05) is 11.5 Å². The number of hydrogen-bond acceptors (Lipinski definition) is 2. The first-order valence-electron chi connectivity index (χ1n) is 4.28. The zero-order chi connectivity index (χ0) is 8.97. The van der Waals surface area contributed by atoms with Crippen LogP contribution in [0.15, 0.2) is 11.6 Å². The third kappa shape index (κ3) is 2.89. The van der Waals surface area contributed by atoms with E-state index in [1.807, 2.05) is 31.7 Å². The van der Waals surface area contributed by atoms with Crippen LogP contribution in [0, 0.1) is 0 Å². The molecule has 0 aliphatic carbocycles. The summed E-state index contributed by atoms with van der Waals surface area (Å²) in [6.07, 6.45) is 3.08. The van der Waals surface area contributed by atoms with E-state index in [1.165, 1.54) is 0 Å². The summed E-state index contributed by atoms with van der Waals surface area (Å²) in [6.45, 7) is 3.96. The Kier molecular flexibility index (Phi) is 3.66. The van der Waals surface area contributed by atoms with Crippen LogP contribution in [0.5, 0.6) is 0 Å². The highest BCUT2D eigenvalue weighted by atomic mass is 32.2. The number of amides is 1. The van der Waals surface area contributed by atoms with Gasteiger partial charge in [0.25, 0.3) is 0 Å². The van der Waals surface area contributed by atoms with Gasteiger partial charge < -0.3 is 5.32 Å². The lowest BCUT2D eigenvalue weighted by molar-refractivity contribution is -0.117. The first-order valence-corrected chi connectivity index (χ1v) is 5.43. The molecule has 0 radical (unpaired) electrons. The summed E-state index contributed by atoms with van der Waals surface area (Å²) in [4.78, 5) is 11.4. The van der Waals surface area contributed by atoms with Gasteiger partial charge in [-0.25, -0.2) is 0 Å². The zero-order valence-electron chi connectivity index (χ0n) is 7.59. The molecule has 0 atom stereocenters. The van der Waals surface area contributed by atoms with Gasteiger partial charge >= 0.3 is 0 Å². The van der Waals surface area contributed by atoms with E-state index in [-0.39, 0.29) is 11.9 Å². The summed E-state index contributed by atoms with van der Waals surface area (Å²) < 4.78 is 0. The number of carbonyl (C=O) groups is 1. The Morgan fingerprint density at radius 1 is 1.67 bits per heavy atom. The number of allylic oxidation sites excluding steroid dienone is 1. The molecule has 1 aliphatic rings. The van der Waals surface area contributed by atoms with Crippen molar-refractivity contribution in [2.45, 2.75) is 26.3 Å². The van der Waals surface area contributed by atoms with E-state index in [1.54, 1.807) is 0 Å². The Labute approximate surface area is 77.8 Å². The first-order chi connectivity index (χ1) is 5.70. The quantitative estimate of drug-likeness (QED) is 0.707. The van der Waals surface area contributed by atoms with Gasteiger partial charge in [0, 0.05) is 17.4 Å². The SMILES string of the molecule is CC(C)NC(=O)C1=CCCSC1. The fraction of sp³-hybridized carbons (Fsp3) is 0.667. The van der Waals surface area contributed by atoms with Gasteiger partial charge in [0.2, 0.25) is 5.91 Å². The topological polar surface area (TPSA) is 29.1 Å². The molecule has 0 unspecified atom stereocenters. The van der Waals surface area contributed by atoms with Gasteiger partial charge in [0.1, 0.15) is 0 Å². The molecule has 0 aromatic carbocycles. The Morgan fingerprint density at radius 2 is 2.42 bits per heavy atom. The van der Waals surface area contributed by atoms with Crippen molar-refractivity contribution >= 4 is 17.7 Å². The van der Waals surface area contributed by atoms with E-state index < -0.39 is 0 Å².